The SMILES string of the molecule is COc1cc(OC)nc(CSc2cnc(NC(=O)[C@H](CC3CCCC3)c3ccc(S(C)(=O)=O)cc3)s2)n1. The summed E-state index contributed by atoms with van der Waals surface area (Å²) in [7, 11) is -0.224. The molecule has 1 aromatic carbocycles. The van der Waals surface area contributed by atoms with Crippen molar-refractivity contribution in [1.29, 1.82) is 0 Å². The van der Waals surface area contributed by atoms with Gasteiger partial charge in [0.1, 0.15) is 5.82 Å². The molecule has 2 heterocycles. The van der Waals surface area contributed by atoms with Crippen LogP contribution < -0.4 is 14.8 Å². The number of nitrogens with one attached hydrogen (secondary N) is 1. The maximum absolute atomic E-state index is 13.4. The van der Waals surface area contributed by atoms with Gasteiger partial charge in [-0.3, -0.25) is 4.79 Å². The van der Waals surface area contributed by atoms with Crippen molar-refractivity contribution in [2.45, 2.75) is 52.9 Å². The van der Waals surface area contributed by atoms with Gasteiger partial charge in [0.15, 0.2) is 15.0 Å². The van der Waals surface area contributed by atoms with E-state index in [0.29, 0.717) is 34.4 Å². The molecule has 9 nitrogen and oxygen atoms in total. The van der Waals surface area contributed by atoms with E-state index in [4.69, 9.17) is 9.47 Å². The van der Waals surface area contributed by atoms with Gasteiger partial charge in [0, 0.05) is 6.26 Å². The number of anilines is 1. The summed E-state index contributed by atoms with van der Waals surface area (Å²) >= 11 is 2.89. The van der Waals surface area contributed by atoms with E-state index < -0.39 is 9.84 Å². The van der Waals surface area contributed by atoms with E-state index in [1.54, 1.807) is 36.5 Å². The number of methoxy groups -OCH3 is 2. The lowest BCUT2D eigenvalue weighted by molar-refractivity contribution is -0.118. The first-order valence-corrected chi connectivity index (χ1v) is 15.6. The molecule has 0 unspecified atom stereocenters. The summed E-state index contributed by atoms with van der Waals surface area (Å²) in [6.07, 6.45) is 8.21. The molecule has 2 aromatic heterocycles. The van der Waals surface area contributed by atoms with Crippen LogP contribution in [-0.4, -0.2) is 49.8 Å². The third-order valence-corrected chi connectivity index (χ3v) is 9.50. The van der Waals surface area contributed by atoms with Crippen LogP contribution in [0.5, 0.6) is 11.8 Å². The predicted octanol–water partition coefficient (Wildman–Crippen LogP) is 4.95. The van der Waals surface area contributed by atoms with Gasteiger partial charge in [0.25, 0.3) is 0 Å². The minimum absolute atomic E-state index is 0.134. The van der Waals surface area contributed by atoms with Crippen LogP contribution in [-0.2, 0) is 20.4 Å². The number of thiazole rings is 1. The van der Waals surface area contributed by atoms with E-state index in [9.17, 15) is 13.2 Å². The molecular formula is C25H30N4O5S3. The molecule has 0 radical (unpaired) electrons. The van der Waals surface area contributed by atoms with Gasteiger partial charge in [-0.05, 0) is 30.0 Å². The minimum Gasteiger partial charge on any atom is -0.481 e. The van der Waals surface area contributed by atoms with Crippen LogP contribution in [0.2, 0.25) is 0 Å². The highest BCUT2D eigenvalue weighted by molar-refractivity contribution is 8.00. The molecule has 1 aliphatic rings. The lowest BCUT2D eigenvalue weighted by Crippen LogP contribution is -2.23. The molecule has 1 N–H and O–H groups in total. The topological polar surface area (TPSA) is 120 Å². The highest BCUT2D eigenvalue weighted by atomic mass is 32.2. The first kappa shape index (κ1) is 27.3. The number of thioether (sulfide) groups is 1. The normalized spacial score (nSPS) is 14.9. The maximum Gasteiger partial charge on any atom is 0.233 e. The van der Waals surface area contributed by atoms with Gasteiger partial charge in [0.2, 0.25) is 17.7 Å². The summed E-state index contributed by atoms with van der Waals surface area (Å²) in [5, 5.41) is 3.49. The van der Waals surface area contributed by atoms with E-state index in [1.807, 2.05) is 0 Å². The number of benzene rings is 1. The number of carbonyl (C=O) groups is 1. The molecule has 12 heteroatoms. The summed E-state index contributed by atoms with van der Waals surface area (Å²) in [5.41, 5.74) is 0.812. The Labute approximate surface area is 225 Å². The van der Waals surface area contributed by atoms with Crippen molar-refractivity contribution in [3.8, 4) is 11.8 Å². The van der Waals surface area contributed by atoms with Crippen LogP contribution in [0.25, 0.3) is 0 Å². The number of aromatic nitrogens is 3. The minimum atomic E-state index is -3.30. The zero-order valence-corrected chi connectivity index (χ0v) is 23.4. The molecule has 4 rings (SSSR count). The van der Waals surface area contributed by atoms with Crippen LogP contribution in [0.1, 0.15) is 49.4 Å². The number of rotatable bonds is 11. The van der Waals surface area contributed by atoms with Gasteiger partial charge < -0.3 is 14.8 Å². The van der Waals surface area contributed by atoms with Crippen molar-refractivity contribution in [2.24, 2.45) is 5.92 Å². The summed E-state index contributed by atoms with van der Waals surface area (Å²) in [6.45, 7) is 0. The van der Waals surface area contributed by atoms with Crippen molar-refractivity contribution in [1.82, 2.24) is 15.0 Å². The van der Waals surface area contributed by atoms with E-state index in [-0.39, 0.29) is 16.7 Å². The molecule has 1 atom stereocenters. The second-order valence-corrected chi connectivity index (χ2v) is 13.2. The summed E-state index contributed by atoms with van der Waals surface area (Å²) < 4.78 is 35.0. The third kappa shape index (κ3) is 7.42. The Morgan fingerprint density at radius 2 is 1.78 bits per heavy atom. The van der Waals surface area contributed by atoms with Crippen LogP contribution in [0.3, 0.4) is 0 Å². The number of sulfone groups is 1. The average molecular weight is 563 g/mol. The highest BCUT2D eigenvalue weighted by Gasteiger charge is 2.27. The molecule has 1 saturated carbocycles. The first-order valence-electron chi connectivity index (χ1n) is 11.9. The number of ether oxygens (including phenoxy) is 2. The molecular weight excluding hydrogens is 532 g/mol. The predicted molar refractivity (Wildman–Crippen MR) is 144 cm³/mol. The zero-order valence-electron chi connectivity index (χ0n) is 21.0. The number of nitrogens with zero attached hydrogens (tertiary/aromatic N) is 3. The Morgan fingerprint density at radius 3 is 2.38 bits per heavy atom. The molecule has 0 saturated heterocycles. The monoisotopic (exact) mass is 562 g/mol. The van der Waals surface area contributed by atoms with E-state index in [2.05, 4.69) is 20.3 Å². The second kappa shape index (κ2) is 12.2. The van der Waals surface area contributed by atoms with Gasteiger partial charge in [-0.1, -0.05) is 49.2 Å². The Kier molecular flexibility index (Phi) is 9.04. The number of amides is 1. The zero-order chi connectivity index (χ0) is 26.4. The van der Waals surface area contributed by atoms with E-state index in [0.717, 1.165) is 29.0 Å². The van der Waals surface area contributed by atoms with Gasteiger partial charge in [-0.25, -0.2) is 13.4 Å². The van der Waals surface area contributed by atoms with Gasteiger partial charge in [-0.15, -0.1) is 11.8 Å². The molecule has 0 spiro atoms. The standard InChI is InChI=1S/C25H30N4O5S3/c1-33-21-13-22(34-2)28-20(27-21)15-35-23-14-26-25(36-23)29-24(30)19(12-16-6-4-5-7-16)17-8-10-18(11-9-17)37(3,31)32/h8-11,13-14,16,19H,4-7,12,15H2,1-3H3,(H,26,29,30)/t19-/m1/s1. The Balaban J connectivity index is 1.44. The molecule has 1 aliphatic carbocycles. The lowest BCUT2D eigenvalue weighted by atomic mass is 9.87. The Hall–Kier alpha value is -2.70. The van der Waals surface area contributed by atoms with Gasteiger partial charge in [-0.2, -0.15) is 9.97 Å². The molecule has 1 fully saturated rings. The maximum atomic E-state index is 13.4. The van der Waals surface area contributed by atoms with Gasteiger partial charge >= 0.3 is 0 Å². The molecule has 1 amide bonds. The van der Waals surface area contributed by atoms with Crippen molar-refractivity contribution >= 4 is 44.0 Å². The number of hydrogen-bond donors (Lipinski definition) is 1. The fraction of sp³-hybridized carbons (Fsp3) is 0.440. The lowest BCUT2D eigenvalue weighted by Gasteiger charge is -2.20. The van der Waals surface area contributed by atoms with E-state index in [1.165, 1.54) is 56.4 Å². The van der Waals surface area contributed by atoms with Crippen LogP contribution >= 0.6 is 23.1 Å². The van der Waals surface area contributed by atoms with Crippen LogP contribution in [0.4, 0.5) is 5.13 Å². The Bertz CT molecular complexity index is 1300. The fourth-order valence-corrected chi connectivity index (χ4v) is 6.72. The largest absolute Gasteiger partial charge is 0.481 e. The molecule has 0 bridgehead atoms. The second-order valence-electron chi connectivity index (χ2n) is 8.91. The van der Waals surface area contributed by atoms with Crippen LogP contribution in [0.15, 0.2) is 45.6 Å². The summed E-state index contributed by atoms with van der Waals surface area (Å²) in [4.78, 5) is 26.7. The van der Waals surface area contributed by atoms with E-state index >= 15 is 0 Å². The fourth-order valence-electron chi connectivity index (χ4n) is 4.36. The Morgan fingerprint density at radius 1 is 1.14 bits per heavy atom. The third-order valence-electron chi connectivity index (χ3n) is 6.27. The molecule has 37 heavy (non-hydrogen) atoms. The molecule has 3 aromatic rings. The van der Waals surface area contributed by atoms with Crippen molar-refractivity contribution < 1.29 is 22.7 Å². The summed E-state index contributed by atoms with van der Waals surface area (Å²) in [6, 6.07) is 8.27. The van der Waals surface area contributed by atoms with Crippen molar-refractivity contribution in [3.63, 3.8) is 0 Å². The summed E-state index contributed by atoms with van der Waals surface area (Å²) in [5.74, 6) is 1.87. The van der Waals surface area contributed by atoms with Crippen molar-refractivity contribution in [3.05, 3.63) is 47.9 Å². The number of hydrogen-bond acceptors (Lipinski definition) is 10. The quantitative estimate of drug-likeness (QED) is 0.324. The smallest absolute Gasteiger partial charge is 0.233 e. The van der Waals surface area contributed by atoms with Crippen molar-refractivity contribution in [2.75, 3.05) is 25.8 Å². The van der Waals surface area contributed by atoms with Crippen LogP contribution in [0, 0.1) is 5.92 Å². The highest BCUT2D eigenvalue weighted by Crippen LogP contribution is 2.36. The van der Waals surface area contributed by atoms with Gasteiger partial charge in [0.05, 0.1) is 47.3 Å². The molecule has 198 valence electrons. The first-order chi connectivity index (χ1) is 17.7. The number of carbonyl (C=O) groups excluding carboxylic acids is 1. The average Bonchev–Trinajstić information content (AvgIpc) is 3.57. The molecule has 0 aliphatic heterocycles.